The fraction of sp³-hybridized carbons (Fsp3) is 0.455. The van der Waals surface area contributed by atoms with Crippen molar-refractivity contribution in [3.63, 3.8) is 0 Å². The highest BCUT2D eigenvalue weighted by atomic mass is 35.5. The topological polar surface area (TPSA) is 46.2 Å². The molecule has 0 bridgehead atoms. The van der Waals surface area contributed by atoms with Crippen LogP contribution in [-0.2, 0) is 10.0 Å². The Hall–Kier alpha value is -0.650. The van der Waals surface area contributed by atoms with E-state index in [1.807, 2.05) is 0 Å². The number of sulfonamides is 1. The lowest BCUT2D eigenvalue weighted by Gasteiger charge is -2.15. The summed E-state index contributed by atoms with van der Waals surface area (Å²) in [5.41, 5.74) is 0. The maximum atomic E-state index is 13.0. The third-order valence-corrected chi connectivity index (χ3v) is 4.85. The van der Waals surface area contributed by atoms with Gasteiger partial charge >= 0.3 is 0 Å². The Morgan fingerprint density at radius 3 is 2.71 bits per heavy atom. The van der Waals surface area contributed by atoms with Crippen LogP contribution >= 0.6 is 11.6 Å². The molecule has 3 nitrogen and oxygen atoms in total. The Kier molecular flexibility index (Phi) is 3.70. The molecular formula is C11H13ClFNO2S. The van der Waals surface area contributed by atoms with E-state index in [1.54, 1.807) is 0 Å². The van der Waals surface area contributed by atoms with E-state index in [4.69, 9.17) is 11.6 Å². The van der Waals surface area contributed by atoms with Crippen molar-refractivity contribution >= 4 is 21.6 Å². The van der Waals surface area contributed by atoms with E-state index in [0.717, 1.165) is 25.3 Å². The van der Waals surface area contributed by atoms with E-state index >= 15 is 0 Å². The van der Waals surface area contributed by atoms with E-state index in [1.165, 1.54) is 18.2 Å². The number of hydrogen-bond donors (Lipinski definition) is 1. The van der Waals surface area contributed by atoms with Gasteiger partial charge in [0.1, 0.15) is 5.82 Å². The highest BCUT2D eigenvalue weighted by Crippen LogP contribution is 2.25. The van der Waals surface area contributed by atoms with Crippen LogP contribution in [-0.4, -0.2) is 19.8 Å². The zero-order chi connectivity index (χ0) is 12.5. The molecule has 17 heavy (non-hydrogen) atoms. The largest absolute Gasteiger partial charge is 0.240 e. The van der Waals surface area contributed by atoms with Gasteiger partial charge in [-0.1, -0.05) is 12.5 Å². The fourth-order valence-electron chi connectivity index (χ4n) is 1.95. The number of benzene rings is 1. The summed E-state index contributed by atoms with van der Waals surface area (Å²) in [4.78, 5) is -0.0618. The standard InChI is InChI=1S/C11H13ClFNO2S/c12-10-5-2-6-11(10)14-17(15,16)9-4-1-3-8(13)7-9/h1,3-4,7,10-11,14H,2,5-6H2. The number of hydrogen-bond acceptors (Lipinski definition) is 2. The molecule has 1 fully saturated rings. The lowest BCUT2D eigenvalue weighted by atomic mass is 10.3. The minimum absolute atomic E-state index is 0.0618. The summed E-state index contributed by atoms with van der Waals surface area (Å²) in [7, 11) is -3.67. The van der Waals surface area contributed by atoms with Crippen molar-refractivity contribution in [3.05, 3.63) is 30.1 Å². The summed E-state index contributed by atoms with van der Waals surface area (Å²) in [6.07, 6.45) is 2.44. The molecule has 0 aliphatic heterocycles. The molecule has 6 heteroatoms. The Morgan fingerprint density at radius 2 is 2.12 bits per heavy atom. The van der Waals surface area contributed by atoms with E-state index < -0.39 is 15.8 Å². The normalized spacial score (nSPS) is 25.1. The first-order chi connectivity index (χ1) is 7.99. The summed E-state index contributed by atoms with van der Waals surface area (Å²) in [6, 6.07) is 4.68. The zero-order valence-electron chi connectivity index (χ0n) is 9.07. The van der Waals surface area contributed by atoms with Gasteiger partial charge in [0.15, 0.2) is 0 Å². The summed E-state index contributed by atoms with van der Waals surface area (Å²) < 4.78 is 39.4. The first-order valence-electron chi connectivity index (χ1n) is 5.41. The monoisotopic (exact) mass is 277 g/mol. The van der Waals surface area contributed by atoms with Crippen molar-refractivity contribution < 1.29 is 12.8 Å². The molecule has 1 aromatic rings. The predicted molar refractivity (Wildman–Crippen MR) is 64.0 cm³/mol. The third kappa shape index (κ3) is 2.97. The van der Waals surface area contributed by atoms with Crippen LogP contribution in [0.3, 0.4) is 0 Å². The Labute approximate surface area is 105 Å². The van der Waals surface area contributed by atoms with Gasteiger partial charge in [-0.15, -0.1) is 11.6 Å². The van der Waals surface area contributed by atoms with Gasteiger partial charge in [-0.05, 0) is 31.0 Å². The van der Waals surface area contributed by atoms with Crippen LogP contribution in [0.4, 0.5) is 4.39 Å². The van der Waals surface area contributed by atoms with Gasteiger partial charge in [0.25, 0.3) is 0 Å². The van der Waals surface area contributed by atoms with Crippen LogP contribution in [0, 0.1) is 5.82 Å². The first-order valence-corrected chi connectivity index (χ1v) is 7.33. The minimum Gasteiger partial charge on any atom is -0.207 e. The van der Waals surface area contributed by atoms with Crippen LogP contribution in [0.25, 0.3) is 0 Å². The van der Waals surface area contributed by atoms with Crippen molar-refractivity contribution in [3.8, 4) is 0 Å². The van der Waals surface area contributed by atoms with Gasteiger partial charge in [0.2, 0.25) is 10.0 Å². The van der Waals surface area contributed by atoms with Crippen molar-refractivity contribution in [1.29, 1.82) is 0 Å². The molecule has 0 amide bonds. The molecule has 1 aliphatic carbocycles. The highest BCUT2D eigenvalue weighted by molar-refractivity contribution is 7.89. The number of halogens is 2. The zero-order valence-corrected chi connectivity index (χ0v) is 10.6. The molecule has 0 aromatic heterocycles. The molecular weight excluding hydrogens is 265 g/mol. The summed E-state index contributed by atoms with van der Waals surface area (Å²) in [5.74, 6) is -0.568. The smallest absolute Gasteiger partial charge is 0.207 e. The molecule has 1 N–H and O–H groups in total. The molecule has 1 aromatic carbocycles. The van der Waals surface area contributed by atoms with Gasteiger partial charge < -0.3 is 0 Å². The minimum atomic E-state index is -3.67. The Bertz CT molecular complexity index is 506. The quantitative estimate of drug-likeness (QED) is 0.862. The van der Waals surface area contributed by atoms with Crippen LogP contribution < -0.4 is 4.72 Å². The molecule has 2 rings (SSSR count). The molecule has 1 saturated carbocycles. The lowest BCUT2D eigenvalue weighted by Crippen LogP contribution is -2.37. The maximum Gasteiger partial charge on any atom is 0.240 e. The van der Waals surface area contributed by atoms with Gasteiger partial charge in [-0.2, -0.15) is 0 Å². The lowest BCUT2D eigenvalue weighted by molar-refractivity contribution is 0.551. The maximum absolute atomic E-state index is 13.0. The average molecular weight is 278 g/mol. The highest BCUT2D eigenvalue weighted by Gasteiger charge is 2.29. The second kappa shape index (κ2) is 4.92. The van der Waals surface area contributed by atoms with Crippen molar-refractivity contribution in [1.82, 2.24) is 4.72 Å². The third-order valence-electron chi connectivity index (χ3n) is 2.84. The van der Waals surface area contributed by atoms with Crippen molar-refractivity contribution in [2.75, 3.05) is 0 Å². The van der Waals surface area contributed by atoms with E-state index in [0.29, 0.717) is 0 Å². The SMILES string of the molecule is O=S(=O)(NC1CCCC1Cl)c1cccc(F)c1. The van der Waals surface area contributed by atoms with Gasteiger partial charge in [-0.3, -0.25) is 0 Å². The van der Waals surface area contributed by atoms with Crippen LogP contribution in [0.5, 0.6) is 0 Å². The van der Waals surface area contributed by atoms with Gasteiger partial charge in [0, 0.05) is 11.4 Å². The number of alkyl halides is 1. The van der Waals surface area contributed by atoms with Crippen molar-refractivity contribution in [2.45, 2.75) is 35.6 Å². The summed E-state index contributed by atoms with van der Waals surface area (Å²) >= 11 is 6.00. The Morgan fingerprint density at radius 1 is 1.35 bits per heavy atom. The van der Waals surface area contributed by atoms with Crippen molar-refractivity contribution in [2.24, 2.45) is 0 Å². The van der Waals surface area contributed by atoms with Crippen LogP contribution in [0.15, 0.2) is 29.2 Å². The molecule has 0 saturated heterocycles. The van der Waals surface area contributed by atoms with Gasteiger partial charge in [-0.25, -0.2) is 17.5 Å². The molecule has 2 unspecified atom stereocenters. The fourth-order valence-corrected chi connectivity index (χ4v) is 3.71. The molecule has 0 heterocycles. The average Bonchev–Trinajstić information content (AvgIpc) is 2.64. The number of nitrogens with one attached hydrogen (secondary N) is 1. The van der Waals surface area contributed by atoms with E-state index in [9.17, 15) is 12.8 Å². The molecule has 94 valence electrons. The number of rotatable bonds is 3. The Balaban J connectivity index is 2.19. The first kappa shape index (κ1) is 12.8. The molecule has 0 spiro atoms. The second-order valence-corrected chi connectivity index (χ2v) is 6.41. The second-order valence-electron chi connectivity index (χ2n) is 4.13. The van der Waals surface area contributed by atoms with E-state index in [-0.39, 0.29) is 16.3 Å². The van der Waals surface area contributed by atoms with E-state index in [2.05, 4.69) is 4.72 Å². The van der Waals surface area contributed by atoms with Crippen LogP contribution in [0.2, 0.25) is 0 Å². The summed E-state index contributed by atoms with van der Waals surface area (Å²) in [6.45, 7) is 0. The molecule has 0 radical (unpaired) electrons. The van der Waals surface area contributed by atoms with Gasteiger partial charge in [0.05, 0.1) is 4.90 Å². The molecule has 1 aliphatic rings. The summed E-state index contributed by atoms with van der Waals surface area (Å²) in [5, 5.41) is -0.182. The van der Waals surface area contributed by atoms with Crippen LogP contribution in [0.1, 0.15) is 19.3 Å². The molecule has 2 atom stereocenters. The predicted octanol–water partition coefficient (Wildman–Crippen LogP) is 2.26.